The highest BCUT2D eigenvalue weighted by molar-refractivity contribution is 7.89. The summed E-state index contributed by atoms with van der Waals surface area (Å²) in [4.78, 5) is 9.57. The first kappa shape index (κ1) is 12.6. The largest absolute Gasteiger partial charge is 0.395 e. The quantitative estimate of drug-likeness (QED) is 0.555. The Morgan fingerprint density at radius 2 is 2.12 bits per heavy atom. The first-order valence-electron chi connectivity index (χ1n) is 4.32. The lowest BCUT2D eigenvalue weighted by Crippen LogP contribution is -2.26. The molecule has 0 bridgehead atoms. The molecule has 0 heterocycles. The molecule has 16 heavy (non-hydrogen) atoms. The van der Waals surface area contributed by atoms with Gasteiger partial charge in [0, 0.05) is 18.7 Å². The van der Waals surface area contributed by atoms with E-state index in [4.69, 9.17) is 5.11 Å². The molecule has 1 rings (SSSR count). The maximum atomic E-state index is 11.5. The van der Waals surface area contributed by atoms with E-state index in [1.807, 2.05) is 0 Å². The second-order valence-corrected chi connectivity index (χ2v) is 4.64. The number of sulfonamides is 1. The van der Waals surface area contributed by atoms with Gasteiger partial charge in [-0.25, -0.2) is 13.1 Å². The van der Waals surface area contributed by atoms with Gasteiger partial charge in [0.15, 0.2) is 0 Å². The molecule has 8 heteroatoms. The molecule has 0 saturated heterocycles. The summed E-state index contributed by atoms with van der Waals surface area (Å²) in [6.07, 6.45) is 0. The minimum absolute atomic E-state index is 0.134. The number of nitro groups is 1. The average molecular weight is 246 g/mol. The van der Waals surface area contributed by atoms with Crippen molar-refractivity contribution in [3.8, 4) is 0 Å². The van der Waals surface area contributed by atoms with Crippen LogP contribution >= 0.6 is 0 Å². The van der Waals surface area contributed by atoms with Crippen molar-refractivity contribution < 1.29 is 18.4 Å². The first-order chi connectivity index (χ1) is 7.47. The molecule has 0 saturated carbocycles. The smallest absolute Gasteiger partial charge is 0.270 e. The number of hydrogen-bond acceptors (Lipinski definition) is 5. The molecule has 0 aliphatic rings. The molecule has 7 nitrogen and oxygen atoms in total. The van der Waals surface area contributed by atoms with Gasteiger partial charge in [-0.05, 0) is 6.07 Å². The standard InChI is InChI=1S/C8H10N2O5S/c11-5-4-9-16(14,15)8-3-1-2-7(6-8)10(12)13/h1-3,6,9,11H,4-5H2. The van der Waals surface area contributed by atoms with Crippen molar-refractivity contribution in [3.05, 3.63) is 34.4 Å². The summed E-state index contributed by atoms with van der Waals surface area (Å²) in [5.74, 6) is 0. The number of nitrogens with one attached hydrogen (secondary N) is 1. The van der Waals surface area contributed by atoms with E-state index in [-0.39, 0.29) is 23.7 Å². The third kappa shape index (κ3) is 2.99. The number of benzene rings is 1. The van der Waals surface area contributed by atoms with Gasteiger partial charge in [0.2, 0.25) is 10.0 Å². The zero-order valence-electron chi connectivity index (χ0n) is 8.16. The molecular formula is C8H10N2O5S. The summed E-state index contributed by atoms with van der Waals surface area (Å²) in [5, 5.41) is 18.9. The monoisotopic (exact) mass is 246 g/mol. The van der Waals surface area contributed by atoms with Gasteiger partial charge in [-0.15, -0.1) is 0 Å². The third-order valence-corrected chi connectivity index (χ3v) is 3.20. The molecule has 88 valence electrons. The van der Waals surface area contributed by atoms with Crippen LogP contribution < -0.4 is 4.72 Å². The van der Waals surface area contributed by atoms with Crippen molar-refractivity contribution in [2.24, 2.45) is 0 Å². The Balaban J connectivity index is 3.04. The summed E-state index contributed by atoms with van der Waals surface area (Å²) in [5.41, 5.74) is -0.299. The summed E-state index contributed by atoms with van der Waals surface area (Å²) in [6.45, 7) is -0.473. The van der Waals surface area contributed by atoms with Gasteiger partial charge < -0.3 is 5.11 Å². The third-order valence-electron chi connectivity index (χ3n) is 1.74. The molecule has 0 amide bonds. The van der Waals surface area contributed by atoms with Gasteiger partial charge in [0.1, 0.15) is 0 Å². The number of rotatable bonds is 5. The summed E-state index contributed by atoms with van der Waals surface area (Å²) >= 11 is 0. The normalized spacial score (nSPS) is 11.3. The van der Waals surface area contributed by atoms with E-state index in [1.165, 1.54) is 18.2 Å². The van der Waals surface area contributed by atoms with Crippen LogP contribution in [0.5, 0.6) is 0 Å². The Morgan fingerprint density at radius 3 is 2.69 bits per heavy atom. The first-order valence-corrected chi connectivity index (χ1v) is 5.80. The zero-order valence-corrected chi connectivity index (χ0v) is 8.98. The highest BCUT2D eigenvalue weighted by Gasteiger charge is 2.16. The van der Waals surface area contributed by atoms with Gasteiger partial charge in [-0.2, -0.15) is 0 Å². The van der Waals surface area contributed by atoms with Gasteiger partial charge in [-0.3, -0.25) is 10.1 Å². The van der Waals surface area contributed by atoms with E-state index in [9.17, 15) is 18.5 Å². The highest BCUT2D eigenvalue weighted by Crippen LogP contribution is 2.16. The van der Waals surface area contributed by atoms with E-state index in [0.717, 1.165) is 6.07 Å². The molecule has 0 aromatic heterocycles. The number of nitro benzene ring substituents is 1. The van der Waals surface area contributed by atoms with E-state index in [0.29, 0.717) is 0 Å². The maximum Gasteiger partial charge on any atom is 0.270 e. The predicted molar refractivity (Wildman–Crippen MR) is 55.4 cm³/mol. The van der Waals surface area contributed by atoms with Gasteiger partial charge in [0.25, 0.3) is 5.69 Å². The minimum atomic E-state index is -3.79. The predicted octanol–water partition coefficient (Wildman–Crippen LogP) is -0.135. The SMILES string of the molecule is O=[N+]([O-])c1cccc(S(=O)(=O)NCCO)c1. The Labute approximate surface area is 91.9 Å². The number of nitrogens with zero attached hydrogens (tertiary/aromatic N) is 1. The lowest BCUT2D eigenvalue weighted by molar-refractivity contribution is -0.385. The minimum Gasteiger partial charge on any atom is -0.395 e. The van der Waals surface area contributed by atoms with E-state index >= 15 is 0 Å². The molecule has 0 atom stereocenters. The van der Waals surface area contributed by atoms with Crippen LogP contribution in [0.3, 0.4) is 0 Å². The molecule has 0 fully saturated rings. The van der Waals surface area contributed by atoms with Crippen molar-refractivity contribution in [2.45, 2.75) is 4.90 Å². The van der Waals surface area contributed by atoms with Crippen LogP contribution in [0.1, 0.15) is 0 Å². The highest BCUT2D eigenvalue weighted by atomic mass is 32.2. The lowest BCUT2D eigenvalue weighted by atomic mass is 10.3. The Hall–Kier alpha value is -1.51. The molecule has 0 aliphatic heterocycles. The molecule has 0 aliphatic carbocycles. The topological polar surface area (TPSA) is 110 Å². The second-order valence-electron chi connectivity index (χ2n) is 2.88. The van der Waals surface area contributed by atoms with Gasteiger partial charge in [-0.1, -0.05) is 6.07 Å². The van der Waals surface area contributed by atoms with Crippen LogP contribution in [0.2, 0.25) is 0 Å². The molecule has 1 aromatic carbocycles. The molecule has 0 radical (unpaired) electrons. The van der Waals surface area contributed by atoms with E-state index in [2.05, 4.69) is 4.72 Å². The number of aliphatic hydroxyl groups excluding tert-OH is 1. The summed E-state index contributed by atoms with van der Waals surface area (Å²) < 4.78 is 25.1. The van der Waals surface area contributed by atoms with Gasteiger partial charge >= 0.3 is 0 Å². The van der Waals surface area contributed by atoms with Crippen LogP contribution in [0, 0.1) is 10.1 Å². The van der Waals surface area contributed by atoms with E-state index < -0.39 is 14.9 Å². The fourth-order valence-corrected chi connectivity index (χ4v) is 2.09. The average Bonchev–Trinajstić information content (AvgIpc) is 2.26. The van der Waals surface area contributed by atoms with Gasteiger partial charge in [0.05, 0.1) is 16.4 Å². The van der Waals surface area contributed by atoms with Crippen LogP contribution in [0.15, 0.2) is 29.2 Å². The molecule has 0 unspecified atom stereocenters. The van der Waals surface area contributed by atoms with Crippen molar-refractivity contribution in [2.75, 3.05) is 13.2 Å². The number of aliphatic hydroxyl groups is 1. The van der Waals surface area contributed by atoms with Crippen molar-refractivity contribution >= 4 is 15.7 Å². The van der Waals surface area contributed by atoms with Crippen molar-refractivity contribution in [3.63, 3.8) is 0 Å². The van der Waals surface area contributed by atoms with Crippen LogP contribution in [0.4, 0.5) is 5.69 Å². The summed E-state index contributed by atoms with van der Waals surface area (Å²) in [6, 6.07) is 4.68. The van der Waals surface area contributed by atoms with Crippen LogP contribution in [-0.2, 0) is 10.0 Å². The zero-order chi connectivity index (χ0) is 12.2. The Kier molecular flexibility index (Phi) is 3.93. The van der Waals surface area contributed by atoms with Crippen LogP contribution in [-0.4, -0.2) is 31.6 Å². The Bertz CT molecular complexity index is 485. The fourth-order valence-electron chi connectivity index (χ4n) is 1.03. The number of hydrogen-bond donors (Lipinski definition) is 2. The summed E-state index contributed by atoms with van der Waals surface area (Å²) in [7, 11) is -3.79. The fraction of sp³-hybridized carbons (Fsp3) is 0.250. The molecule has 2 N–H and O–H groups in total. The van der Waals surface area contributed by atoms with E-state index in [1.54, 1.807) is 0 Å². The second kappa shape index (κ2) is 5.01. The van der Waals surface area contributed by atoms with Crippen LogP contribution in [0.25, 0.3) is 0 Å². The Morgan fingerprint density at radius 1 is 1.44 bits per heavy atom. The van der Waals surface area contributed by atoms with Crippen molar-refractivity contribution in [1.29, 1.82) is 0 Å². The maximum absolute atomic E-state index is 11.5. The molecular weight excluding hydrogens is 236 g/mol. The molecule has 1 aromatic rings. The molecule has 0 spiro atoms. The lowest BCUT2D eigenvalue weighted by Gasteiger charge is -2.04. The van der Waals surface area contributed by atoms with Crippen molar-refractivity contribution in [1.82, 2.24) is 4.72 Å². The number of non-ortho nitro benzene ring substituents is 1.